The Kier molecular flexibility index (Phi) is 7.94. The number of anilines is 1. The van der Waals surface area contributed by atoms with Crippen molar-refractivity contribution < 1.29 is 4.74 Å². The molecule has 0 aliphatic carbocycles. The van der Waals surface area contributed by atoms with E-state index in [0.717, 1.165) is 50.0 Å². The number of ether oxygens (including phenoxy) is 1. The zero-order valence-corrected chi connectivity index (χ0v) is 18.7. The molecule has 1 saturated heterocycles. The van der Waals surface area contributed by atoms with Crippen LogP contribution in [0.4, 0.5) is 5.82 Å². The highest BCUT2D eigenvalue weighted by atomic mass is 16.5. The van der Waals surface area contributed by atoms with Gasteiger partial charge in [-0.3, -0.25) is 0 Å². The summed E-state index contributed by atoms with van der Waals surface area (Å²) in [6.07, 6.45) is 4.08. The van der Waals surface area contributed by atoms with Gasteiger partial charge >= 0.3 is 0 Å². The summed E-state index contributed by atoms with van der Waals surface area (Å²) < 4.78 is 6.01. The fraction of sp³-hybridized carbons (Fsp3) is 0.500. The minimum Gasteiger partial charge on any atom is -0.489 e. The highest BCUT2D eigenvalue weighted by Crippen LogP contribution is 2.18. The Morgan fingerprint density at radius 2 is 2.00 bits per heavy atom. The summed E-state index contributed by atoms with van der Waals surface area (Å²) in [4.78, 5) is 11.7. The molecule has 1 aromatic carbocycles. The largest absolute Gasteiger partial charge is 0.489 e. The first-order chi connectivity index (χ1) is 14.5. The van der Waals surface area contributed by atoms with Gasteiger partial charge in [0.25, 0.3) is 0 Å². The summed E-state index contributed by atoms with van der Waals surface area (Å²) in [5.74, 6) is 2.83. The molecule has 0 radical (unpaired) electrons. The van der Waals surface area contributed by atoms with E-state index in [0.29, 0.717) is 12.6 Å². The van der Waals surface area contributed by atoms with Gasteiger partial charge in [0.1, 0.15) is 17.7 Å². The second-order valence-corrected chi connectivity index (χ2v) is 8.06. The standard InChI is InChI=1S/C24H35N5O/c1-5-25-24(27-17-20(4)30-22-8-6-7-18(2)15-22)28-21-11-13-29(14-12-21)23-10-9-19(3)16-26-23/h6-10,15-16,20-21H,5,11-14,17H2,1-4H3,(H2,25,27,28). The molecule has 0 saturated carbocycles. The molecule has 30 heavy (non-hydrogen) atoms. The van der Waals surface area contributed by atoms with Gasteiger partial charge in [0, 0.05) is 31.9 Å². The van der Waals surface area contributed by atoms with E-state index in [1.165, 1.54) is 11.1 Å². The number of hydrogen-bond donors (Lipinski definition) is 2. The molecular weight excluding hydrogens is 374 g/mol. The Balaban J connectivity index is 1.49. The van der Waals surface area contributed by atoms with Crippen molar-refractivity contribution in [1.29, 1.82) is 0 Å². The predicted octanol–water partition coefficient (Wildman–Crippen LogP) is 3.69. The van der Waals surface area contributed by atoms with Crippen LogP contribution in [0.5, 0.6) is 5.75 Å². The average molecular weight is 410 g/mol. The van der Waals surface area contributed by atoms with Crippen LogP contribution >= 0.6 is 0 Å². The van der Waals surface area contributed by atoms with Crippen LogP contribution in [-0.4, -0.2) is 49.3 Å². The molecule has 1 aliphatic heterocycles. The van der Waals surface area contributed by atoms with Gasteiger partial charge in [0.15, 0.2) is 5.96 Å². The van der Waals surface area contributed by atoms with E-state index in [2.05, 4.69) is 72.5 Å². The Hall–Kier alpha value is -2.76. The van der Waals surface area contributed by atoms with Gasteiger partial charge in [0.2, 0.25) is 0 Å². The minimum absolute atomic E-state index is 0.0108. The first-order valence-electron chi connectivity index (χ1n) is 11.0. The molecule has 1 atom stereocenters. The van der Waals surface area contributed by atoms with Crippen LogP contribution in [0.15, 0.2) is 47.6 Å². The first-order valence-corrected chi connectivity index (χ1v) is 11.0. The van der Waals surface area contributed by atoms with E-state index in [1.807, 2.05) is 18.3 Å². The number of nitrogens with zero attached hydrogens (tertiary/aromatic N) is 3. The number of benzene rings is 1. The van der Waals surface area contributed by atoms with Crippen molar-refractivity contribution in [2.45, 2.75) is 52.7 Å². The van der Waals surface area contributed by atoms with Crippen molar-refractivity contribution in [3.8, 4) is 5.75 Å². The number of pyridine rings is 1. The zero-order chi connectivity index (χ0) is 21.3. The minimum atomic E-state index is 0.0108. The van der Waals surface area contributed by atoms with Crippen molar-refractivity contribution in [2.24, 2.45) is 4.99 Å². The summed E-state index contributed by atoms with van der Waals surface area (Å²) in [5, 5.41) is 6.97. The van der Waals surface area contributed by atoms with E-state index in [9.17, 15) is 0 Å². The normalized spacial score (nSPS) is 16.3. The fourth-order valence-electron chi connectivity index (χ4n) is 3.59. The number of hydrogen-bond acceptors (Lipinski definition) is 4. The lowest BCUT2D eigenvalue weighted by molar-refractivity contribution is 0.230. The lowest BCUT2D eigenvalue weighted by Crippen LogP contribution is -2.49. The van der Waals surface area contributed by atoms with Crippen LogP contribution in [0.25, 0.3) is 0 Å². The number of nitrogens with one attached hydrogen (secondary N) is 2. The third-order valence-corrected chi connectivity index (χ3v) is 5.23. The SMILES string of the molecule is CCNC(=NCC(C)Oc1cccc(C)c1)NC1CCN(c2ccc(C)cn2)CC1. The monoisotopic (exact) mass is 409 g/mol. The number of aliphatic imine (C=N–C) groups is 1. The smallest absolute Gasteiger partial charge is 0.191 e. The summed E-state index contributed by atoms with van der Waals surface area (Å²) in [7, 11) is 0. The molecule has 0 bridgehead atoms. The predicted molar refractivity (Wildman–Crippen MR) is 125 cm³/mol. The lowest BCUT2D eigenvalue weighted by atomic mass is 10.1. The van der Waals surface area contributed by atoms with Crippen LogP contribution < -0.4 is 20.3 Å². The summed E-state index contributed by atoms with van der Waals surface area (Å²) in [6.45, 7) is 11.7. The second-order valence-electron chi connectivity index (χ2n) is 8.06. The lowest BCUT2D eigenvalue weighted by Gasteiger charge is -2.34. The van der Waals surface area contributed by atoms with Crippen LogP contribution in [0, 0.1) is 13.8 Å². The molecule has 6 heteroatoms. The molecule has 1 unspecified atom stereocenters. The Morgan fingerprint density at radius 3 is 2.67 bits per heavy atom. The van der Waals surface area contributed by atoms with E-state index in [-0.39, 0.29) is 6.10 Å². The van der Waals surface area contributed by atoms with Gasteiger partial charge in [-0.25, -0.2) is 9.98 Å². The van der Waals surface area contributed by atoms with Gasteiger partial charge in [-0.2, -0.15) is 0 Å². The number of aryl methyl sites for hydroxylation is 2. The molecule has 2 N–H and O–H groups in total. The third kappa shape index (κ3) is 6.65. The van der Waals surface area contributed by atoms with Crippen molar-refractivity contribution in [1.82, 2.24) is 15.6 Å². The molecule has 0 amide bonds. The fourth-order valence-corrected chi connectivity index (χ4v) is 3.59. The van der Waals surface area contributed by atoms with Crippen molar-refractivity contribution >= 4 is 11.8 Å². The summed E-state index contributed by atoms with van der Waals surface area (Å²) in [6, 6.07) is 12.8. The van der Waals surface area contributed by atoms with Crippen LogP contribution in [0.2, 0.25) is 0 Å². The van der Waals surface area contributed by atoms with Crippen molar-refractivity contribution in [3.05, 3.63) is 53.7 Å². The molecule has 1 aromatic heterocycles. The number of guanidine groups is 1. The highest BCUT2D eigenvalue weighted by molar-refractivity contribution is 5.80. The van der Waals surface area contributed by atoms with E-state index in [4.69, 9.17) is 9.73 Å². The van der Waals surface area contributed by atoms with E-state index < -0.39 is 0 Å². The Morgan fingerprint density at radius 1 is 1.20 bits per heavy atom. The Labute approximate surface area is 180 Å². The quantitative estimate of drug-likeness (QED) is 0.539. The molecule has 6 nitrogen and oxygen atoms in total. The molecule has 1 aliphatic rings. The van der Waals surface area contributed by atoms with Gasteiger partial charge in [0.05, 0.1) is 6.54 Å². The van der Waals surface area contributed by atoms with Crippen LogP contribution in [0.1, 0.15) is 37.8 Å². The van der Waals surface area contributed by atoms with E-state index in [1.54, 1.807) is 0 Å². The second kappa shape index (κ2) is 10.9. The maximum absolute atomic E-state index is 6.01. The maximum Gasteiger partial charge on any atom is 0.191 e. The molecule has 2 heterocycles. The first kappa shape index (κ1) is 21.9. The highest BCUT2D eigenvalue weighted by Gasteiger charge is 2.21. The van der Waals surface area contributed by atoms with Gasteiger partial charge in [-0.05, 0) is 69.9 Å². The molecule has 0 spiro atoms. The molecular formula is C24H35N5O. The third-order valence-electron chi connectivity index (χ3n) is 5.23. The maximum atomic E-state index is 6.01. The van der Waals surface area contributed by atoms with Gasteiger partial charge in [-0.15, -0.1) is 0 Å². The zero-order valence-electron chi connectivity index (χ0n) is 18.7. The number of piperidine rings is 1. The van der Waals surface area contributed by atoms with Crippen LogP contribution in [-0.2, 0) is 0 Å². The van der Waals surface area contributed by atoms with Gasteiger partial charge in [-0.1, -0.05) is 18.2 Å². The van der Waals surface area contributed by atoms with Crippen molar-refractivity contribution in [3.63, 3.8) is 0 Å². The molecule has 1 fully saturated rings. The number of rotatable bonds is 7. The average Bonchev–Trinajstić information content (AvgIpc) is 2.73. The molecule has 162 valence electrons. The Bertz CT molecular complexity index is 813. The topological polar surface area (TPSA) is 61.8 Å². The molecule has 2 aromatic rings. The van der Waals surface area contributed by atoms with Crippen molar-refractivity contribution in [2.75, 3.05) is 31.1 Å². The van der Waals surface area contributed by atoms with Gasteiger partial charge < -0.3 is 20.3 Å². The number of aromatic nitrogens is 1. The summed E-state index contributed by atoms with van der Waals surface area (Å²) >= 11 is 0. The molecule has 3 rings (SSSR count). The van der Waals surface area contributed by atoms with Crippen LogP contribution in [0.3, 0.4) is 0 Å². The van der Waals surface area contributed by atoms with E-state index >= 15 is 0 Å². The summed E-state index contributed by atoms with van der Waals surface area (Å²) in [5.41, 5.74) is 2.40.